The van der Waals surface area contributed by atoms with Gasteiger partial charge in [-0.05, 0) is 36.8 Å². The summed E-state index contributed by atoms with van der Waals surface area (Å²) in [5.74, 6) is 2.18. The van der Waals surface area contributed by atoms with Gasteiger partial charge in [-0.1, -0.05) is 15.9 Å². The number of ether oxygens (including phenoxy) is 3. The second kappa shape index (κ2) is 9.98. The average Bonchev–Trinajstić information content (AvgIpc) is 2.86. The van der Waals surface area contributed by atoms with Crippen LogP contribution in [0, 0.1) is 6.92 Å². The number of pyridine rings is 1. The molecule has 1 fully saturated rings. The Morgan fingerprint density at radius 1 is 1.06 bits per heavy atom. The van der Waals surface area contributed by atoms with E-state index >= 15 is 0 Å². The first kappa shape index (κ1) is 22.6. The van der Waals surface area contributed by atoms with E-state index in [2.05, 4.69) is 41.5 Å². The molecule has 2 aromatic heterocycles. The van der Waals surface area contributed by atoms with E-state index in [1.807, 2.05) is 31.2 Å². The van der Waals surface area contributed by atoms with E-state index in [0.717, 1.165) is 26.6 Å². The topological polar surface area (TPSA) is 111 Å². The molecule has 34 heavy (non-hydrogen) atoms. The minimum Gasteiger partial charge on any atom is -0.484 e. The number of aryl methyl sites for hydroxylation is 1. The molecule has 178 valence electrons. The first-order valence-electron chi connectivity index (χ1n) is 11.1. The van der Waals surface area contributed by atoms with Gasteiger partial charge in [-0.15, -0.1) is 0 Å². The van der Waals surface area contributed by atoms with E-state index in [-0.39, 0.29) is 12.5 Å². The normalized spacial score (nSPS) is 15.3. The molecule has 1 saturated heterocycles. The Bertz CT molecular complexity index is 1220. The molecule has 0 radical (unpaired) electrons. The lowest BCUT2D eigenvalue weighted by Gasteiger charge is -2.26. The highest BCUT2D eigenvalue weighted by Gasteiger charge is 2.18. The minimum atomic E-state index is -0.00508. The van der Waals surface area contributed by atoms with Crippen LogP contribution in [0.1, 0.15) is 11.3 Å². The van der Waals surface area contributed by atoms with Crippen molar-refractivity contribution >= 4 is 44.5 Å². The van der Waals surface area contributed by atoms with Crippen LogP contribution in [0.3, 0.4) is 0 Å². The number of carbonyl (C=O) groups excluding carboxylic acids is 1. The molecular formula is C23H25BrN6O4. The Morgan fingerprint density at radius 3 is 2.74 bits per heavy atom. The Balaban J connectivity index is 1.37. The lowest BCUT2D eigenvalue weighted by atomic mass is 10.1. The fourth-order valence-electron chi connectivity index (χ4n) is 3.90. The monoisotopic (exact) mass is 528 g/mol. The van der Waals surface area contributed by atoms with E-state index in [9.17, 15) is 4.79 Å². The van der Waals surface area contributed by atoms with Crippen molar-refractivity contribution in [2.75, 3.05) is 56.7 Å². The molecule has 11 heteroatoms. The van der Waals surface area contributed by atoms with E-state index < -0.39 is 0 Å². The van der Waals surface area contributed by atoms with Crippen molar-refractivity contribution in [1.29, 1.82) is 0 Å². The van der Waals surface area contributed by atoms with Gasteiger partial charge in [0.15, 0.2) is 5.75 Å². The maximum absolute atomic E-state index is 12.6. The molecule has 2 N–H and O–H groups in total. The zero-order chi connectivity index (χ0) is 23.5. The molecule has 1 amide bonds. The van der Waals surface area contributed by atoms with Crippen LogP contribution in [0.25, 0.3) is 10.9 Å². The van der Waals surface area contributed by atoms with Crippen LogP contribution in [0.4, 0.5) is 11.8 Å². The van der Waals surface area contributed by atoms with Crippen molar-refractivity contribution in [3.05, 3.63) is 40.0 Å². The van der Waals surface area contributed by atoms with Crippen LogP contribution in [0.15, 0.2) is 28.7 Å². The molecule has 1 aromatic carbocycles. The summed E-state index contributed by atoms with van der Waals surface area (Å²) in [6, 6.07) is 7.74. The van der Waals surface area contributed by atoms with Gasteiger partial charge in [-0.3, -0.25) is 4.79 Å². The second-order valence-corrected chi connectivity index (χ2v) is 8.93. The zero-order valence-electron chi connectivity index (χ0n) is 18.8. The summed E-state index contributed by atoms with van der Waals surface area (Å²) in [6.45, 7) is 5.88. The lowest BCUT2D eigenvalue weighted by Crippen LogP contribution is -2.43. The summed E-state index contributed by atoms with van der Waals surface area (Å²) >= 11 is 3.56. The SMILES string of the molecule is Cc1cc(Br)cc2c(NCc3ccc4c(n3)OCCO4)nc(NCC(=O)N3CCOCC3)nc12. The van der Waals surface area contributed by atoms with Crippen LogP contribution in [-0.4, -0.2) is 71.8 Å². The van der Waals surface area contributed by atoms with Gasteiger partial charge in [0, 0.05) is 22.9 Å². The Morgan fingerprint density at radius 2 is 1.88 bits per heavy atom. The van der Waals surface area contributed by atoms with Gasteiger partial charge in [0.2, 0.25) is 11.9 Å². The van der Waals surface area contributed by atoms with Crippen LogP contribution < -0.4 is 20.1 Å². The van der Waals surface area contributed by atoms with Crippen LogP contribution in [-0.2, 0) is 16.1 Å². The summed E-state index contributed by atoms with van der Waals surface area (Å²) in [6.07, 6.45) is 0. The van der Waals surface area contributed by atoms with Gasteiger partial charge < -0.3 is 29.7 Å². The van der Waals surface area contributed by atoms with E-state index in [4.69, 9.17) is 14.2 Å². The number of hydrogen-bond donors (Lipinski definition) is 2. The molecule has 5 rings (SSSR count). The third-order valence-corrected chi connectivity index (χ3v) is 6.07. The first-order valence-corrected chi connectivity index (χ1v) is 11.9. The number of hydrogen-bond acceptors (Lipinski definition) is 9. The van der Waals surface area contributed by atoms with Gasteiger partial charge in [0.05, 0.1) is 37.5 Å². The quantitative estimate of drug-likeness (QED) is 0.498. The number of anilines is 2. The minimum absolute atomic E-state index is 0.00508. The molecule has 10 nitrogen and oxygen atoms in total. The van der Waals surface area contributed by atoms with Gasteiger partial charge in [0.25, 0.3) is 5.88 Å². The third kappa shape index (κ3) is 5.00. The maximum Gasteiger partial charge on any atom is 0.257 e. The standard InChI is InChI=1S/C23H25BrN6O4/c1-14-10-15(24)11-17-20(14)28-23(26-13-19(31)30-4-6-32-7-5-30)29-21(17)25-12-16-2-3-18-22(27-16)34-9-8-33-18/h2-3,10-11H,4-9,12-13H2,1H3,(H2,25,26,28,29). The van der Waals surface area contributed by atoms with E-state index in [1.165, 1.54) is 0 Å². The van der Waals surface area contributed by atoms with Crippen molar-refractivity contribution in [3.63, 3.8) is 0 Å². The maximum atomic E-state index is 12.6. The number of halogens is 1. The number of morpholine rings is 1. The molecule has 0 atom stereocenters. The molecule has 3 aromatic rings. The highest BCUT2D eigenvalue weighted by molar-refractivity contribution is 9.10. The van der Waals surface area contributed by atoms with Gasteiger partial charge in [-0.2, -0.15) is 4.98 Å². The molecule has 4 heterocycles. The van der Waals surface area contributed by atoms with Crippen molar-refractivity contribution in [2.24, 2.45) is 0 Å². The smallest absolute Gasteiger partial charge is 0.257 e. The fourth-order valence-corrected chi connectivity index (χ4v) is 4.47. The molecule has 0 aliphatic carbocycles. The molecular weight excluding hydrogens is 504 g/mol. The summed E-state index contributed by atoms with van der Waals surface area (Å²) in [7, 11) is 0. The van der Waals surface area contributed by atoms with Gasteiger partial charge in [0.1, 0.15) is 19.0 Å². The Labute approximate surface area is 205 Å². The number of rotatable bonds is 6. The average molecular weight is 529 g/mol. The van der Waals surface area contributed by atoms with Crippen molar-refractivity contribution in [2.45, 2.75) is 13.5 Å². The number of benzene rings is 1. The molecule has 2 aliphatic rings. The van der Waals surface area contributed by atoms with Gasteiger partial charge >= 0.3 is 0 Å². The number of amides is 1. The summed E-state index contributed by atoms with van der Waals surface area (Å²) in [4.78, 5) is 28.2. The summed E-state index contributed by atoms with van der Waals surface area (Å²) in [5, 5.41) is 7.34. The molecule has 0 unspecified atom stereocenters. The highest BCUT2D eigenvalue weighted by atomic mass is 79.9. The summed E-state index contributed by atoms with van der Waals surface area (Å²) in [5.41, 5.74) is 2.59. The third-order valence-electron chi connectivity index (χ3n) is 5.62. The van der Waals surface area contributed by atoms with Crippen LogP contribution >= 0.6 is 15.9 Å². The number of fused-ring (bicyclic) bond motifs is 2. The van der Waals surface area contributed by atoms with E-state index in [0.29, 0.717) is 69.5 Å². The predicted molar refractivity (Wildman–Crippen MR) is 130 cm³/mol. The Kier molecular flexibility index (Phi) is 6.63. The van der Waals surface area contributed by atoms with Crippen molar-refractivity contribution in [1.82, 2.24) is 19.9 Å². The highest BCUT2D eigenvalue weighted by Crippen LogP contribution is 2.30. The lowest BCUT2D eigenvalue weighted by molar-refractivity contribution is -0.133. The van der Waals surface area contributed by atoms with Crippen molar-refractivity contribution in [3.8, 4) is 11.6 Å². The largest absolute Gasteiger partial charge is 0.484 e. The molecule has 0 spiro atoms. The van der Waals surface area contributed by atoms with E-state index in [1.54, 1.807) is 4.90 Å². The number of aromatic nitrogens is 3. The first-order chi connectivity index (χ1) is 16.6. The van der Waals surface area contributed by atoms with Crippen LogP contribution in [0.2, 0.25) is 0 Å². The number of nitrogens with zero attached hydrogens (tertiary/aromatic N) is 4. The van der Waals surface area contributed by atoms with Crippen molar-refractivity contribution < 1.29 is 19.0 Å². The number of nitrogens with one attached hydrogen (secondary N) is 2. The fraction of sp³-hybridized carbons (Fsp3) is 0.391. The Hall–Kier alpha value is -3.18. The molecule has 2 aliphatic heterocycles. The molecule has 0 bridgehead atoms. The number of carbonyl (C=O) groups is 1. The zero-order valence-corrected chi connectivity index (χ0v) is 20.4. The second-order valence-electron chi connectivity index (χ2n) is 8.02. The summed E-state index contributed by atoms with van der Waals surface area (Å²) < 4.78 is 17.4. The predicted octanol–water partition coefficient (Wildman–Crippen LogP) is 2.75. The van der Waals surface area contributed by atoms with Crippen LogP contribution in [0.5, 0.6) is 11.6 Å². The van der Waals surface area contributed by atoms with Gasteiger partial charge in [-0.25, -0.2) is 9.97 Å². The molecule has 0 saturated carbocycles.